The minimum atomic E-state index is -1.18. The average molecular weight is 563 g/mol. The Morgan fingerprint density at radius 1 is 1.00 bits per heavy atom. The molecule has 12 nitrogen and oxygen atoms in total. The number of aliphatic carboxylic acids is 1. The van der Waals surface area contributed by atoms with Gasteiger partial charge in [0.25, 0.3) is 0 Å². The Morgan fingerprint density at radius 3 is 2.13 bits per heavy atom. The van der Waals surface area contributed by atoms with Gasteiger partial charge in [-0.2, -0.15) is 11.8 Å². The number of rotatable bonds is 16. The normalized spacial score (nSPS) is 14.9. The number of nitrogens with two attached hydrogens (primary N) is 1. The molecular formula is C26H38N6O6S. The number of nitrogens with zero attached hydrogens (tertiary/aromatic N) is 1. The number of H-pyrrole nitrogens is 1. The predicted octanol–water partition coefficient (Wildman–Crippen LogP) is 0.566. The van der Waals surface area contributed by atoms with E-state index in [1.165, 1.54) is 36.4 Å². The number of amides is 3. The van der Waals surface area contributed by atoms with Crippen LogP contribution in [0.3, 0.4) is 0 Å². The number of hydrogen-bond acceptors (Lipinski definition) is 8. The highest BCUT2D eigenvalue weighted by Crippen LogP contribution is 2.13. The van der Waals surface area contributed by atoms with Gasteiger partial charge in [-0.15, -0.1) is 0 Å². The molecule has 5 unspecified atom stereocenters. The van der Waals surface area contributed by atoms with Gasteiger partial charge >= 0.3 is 5.97 Å². The number of carbonyl (C=O) groups excluding carboxylic acids is 3. The zero-order valence-electron chi connectivity index (χ0n) is 22.3. The lowest BCUT2D eigenvalue weighted by molar-refractivity contribution is -0.142. The molecule has 214 valence electrons. The van der Waals surface area contributed by atoms with Gasteiger partial charge in [-0.25, -0.2) is 9.78 Å². The van der Waals surface area contributed by atoms with Crippen molar-refractivity contribution in [1.29, 1.82) is 0 Å². The molecule has 0 saturated heterocycles. The molecule has 0 aliphatic carbocycles. The van der Waals surface area contributed by atoms with E-state index in [4.69, 9.17) is 5.73 Å². The first kappa shape index (κ1) is 31.6. The molecule has 8 N–H and O–H groups in total. The standard InChI is InChI=1S/C26H38N6O6S/c1-4-15(2)22(27)25(36)32-21(12-17-13-28-14-29-17)24(35)31-20(11-16-5-7-18(33)8-6-16)23(34)30-19(26(37)38)9-10-39-3/h5-8,13-15,19-22,33H,4,9-12,27H2,1-3H3,(H,28,29)(H,30,34)(H,31,35)(H,32,36)(H,37,38). The van der Waals surface area contributed by atoms with Crippen LogP contribution in [-0.2, 0) is 32.0 Å². The summed E-state index contributed by atoms with van der Waals surface area (Å²) < 4.78 is 0. The number of phenols is 1. The first-order valence-electron chi connectivity index (χ1n) is 12.7. The van der Waals surface area contributed by atoms with Crippen molar-refractivity contribution in [3.05, 3.63) is 48.0 Å². The van der Waals surface area contributed by atoms with E-state index in [1.54, 1.807) is 12.1 Å². The zero-order chi connectivity index (χ0) is 28.9. The maximum atomic E-state index is 13.5. The van der Waals surface area contributed by atoms with E-state index in [1.807, 2.05) is 20.1 Å². The third-order valence-corrected chi connectivity index (χ3v) is 7.05. The number of phenolic OH excluding ortho intramolecular Hbond substituents is 1. The number of benzene rings is 1. The van der Waals surface area contributed by atoms with Gasteiger partial charge in [-0.05, 0) is 42.0 Å². The van der Waals surface area contributed by atoms with E-state index in [-0.39, 0.29) is 30.9 Å². The molecule has 39 heavy (non-hydrogen) atoms. The summed E-state index contributed by atoms with van der Waals surface area (Å²) in [5, 5.41) is 27.1. The lowest BCUT2D eigenvalue weighted by Gasteiger charge is -2.26. The molecule has 13 heteroatoms. The van der Waals surface area contributed by atoms with Gasteiger partial charge in [0, 0.05) is 24.7 Å². The Balaban J connectivity index is 2.29. The van der Waals surface area contributed by atoms with Gasteiger partial charge in [-0.1, -0.05) is 32.4 Å². The summed E-state index contributed by atoms with van der Waals surface area (Å²) >= 11 is 1.45. The molecule has 0 radical (unpaired) electrons. The number of aromatic amines is 1. The van der Waals surface area contributed by atoms with Crippen LogP contribution in [0.4, 0.5) is 0 Å². The Morgan fingerprint density at radius 2 is 1.59 bits per heavy atom. The quantitative estimate of drug-likeness (QED) is 0.153. The van der Waals surface area contributed by atoms with Crippen LogP contribution in [0.25, 0.3) is 0 Å². The number of aromatic nitrogens is 2. The number of nitrogens with one attached hydrogen (secondary N) is 4. The third-order valence-electron chi connectivity index (χ3n) is 6.41. The van der Waals surface area contributed by atoms with Crippen LogP contribution >= 0.6 is 11.8 Å². The fraction of sp³-hybridized carbons (Fsp3) is 0.500. The minimum Gasteiger partial charge on any atom is -0.508 e. The van der Waals surface area contributed by atoms with Crippen molar-refractivity contribution < 1.29 is 29.4 Å². The molecule has 2 aromatic rings. The van der Waals surface area contributed by atoms with Crippen molar-refractivity contribution in [3.63, 3.8) is 0 Å². The predicted molar refractivity (Wildman–Crippen MR) is 148 cm³/mol. The maximum absolute atomic E-state index is 13.5. The van der Waals surface area contributed by atoms with E-state index in [9.17, 15) is 29.4 Å². The van der Waals surface area contributed by atoms with Crippen molar-refractivity contribution in [1.82, 2.24) is 25.9 Å². The molecule has 0 fully saturated rings. The third kappa shape index (κ3) is 10.2. The summed E-state index contributed by atoms with van der Waals surface area (Å²) in [6.45, 7) is 3.74. The average Bonchev–Trinajstić information content (AvgIpc) is 3.43. The monoisotopic (exact) mass is 562 g/mol. The molecule has 1 heterocycles. The van der Waals surface area contributed by atoms with E-state index >= 15 is 0 Å². The number of carbonyl (C=O) groups is 4. The summed E-state index contributed by atoms with van der Waals surface area (Å²) in [5.41, 5.74) is 7.28. The molecule has 1 aromatic carbocycles. The highest BCUT2D eigenvalue weighted by Gasteiger charge is 2.31. The summed E-state index contributed by atoms with van der Waals surface area (Å²) in [4.78, 5) is 58.1. The first-order valence-corrected chi connectivity index (χ1v) is 14.1. The molecule has 2 rings (SSSR count). The van der Waals surface area contributed by atoms with Gasteiger partial charge in [0.2, 0.25) is 17.7 Å². The van der Waals surface area contributed by atoms with E-state index < -0.39 is 47.9 Å². The smallest absolute Gasteiger partial charge is 0.326 e. The van der Waals surface area contributed by atoms with Crippen LogP contribution in [-0.4, -0.2) is 80.0 Å². The van der Waals surface area contributed by atoms with Crippen molar-refractivity contribution in [2.24, 2.45) is 11.7 Å². The number of hydrogen-bond donors (Lipinski definition) is 7. The molecule has 5 atom stereocenters. The van der Waals surface area contributed by atoms with Crippen LogP contribution in [0.1, 0.15) is 37.9 Å². The van der Waals surface area contributed by atoms with Gasteiger partial charge in [0.1, 0.15) is 23.9 Å². The molecule has 3 amide bonds. The van der Waals surface area contributed by atoms with Crippen LogP contribution < -0.4 is 21.7 Å². The Hall–Kier alpha value is -3.58. The second-order valence-corrected chi connectivity index (χ2v) is 10.4. The van der Waals surface area contributed by atoms with Crippen molar-refractivity contribution >= 4 is 35.5 Å². The number of aromatic hydroxyl groups is 1. The lowest BCUT2D eigenvalue weighted by Crippen LogP contribution is -2.58. The Bertz CT molecular complexity index is 1080. The molecule has 0 bridgehead atoms. The molecule has 0 aliphatic rings. The van der Waals surface area contributed by atoms with E-state index in [0.29, 0.717) is 23.4 Å². The zero-order valence-corrected chi connectivity index (χ0v) is 23.2. The van der Waals surface area contributed by atoms with Gasteiger partial charge in [-0.3, -0.25) is 14.4 Å². The molecule has 1 aromatic heterocycles. The molecule has 0 spiro atoms. The molecule has 0 saturated carbocycles. The highest BCUT2D eigenvalue weighted by molar-refractivity contribution is 7.98. The topological polar surface area (TPSA) is 200 Å². The van der Waals surface area contributed by atoms with E-state index in [0.717, 1.165) is 0 Å². The summed E-state index contributed by atoms with van der Waals surface area (Å²) in [6, 6.07) is 1.86. The van der Waals surface area contributed by atoms with Crippen LogP contribution in [0.5, 0.6) is 5.75 Å². The second kappa shape index (κ2) is 15.7. The first-order chi connectivity index (χ1) is 18.5. The van der Waals surface area contributed by atoms with Crippen molar-refractivity contribution in [2.75, 3.05) is 12.0 Å². The molecular weight excluding hydrogens is 524 g/mol. The van der Waals surface area contributed by atoms with Crippen LogP contribution in [0, 0.1) is 5.92 Å². The number of thioether (sulfide) groups is 1. The number of imidazole rings is 1. The maximum Gasteiger partial charge on any atom is 0.326 e. The summed E-state index contributed by atoms with van der Waals surface area (Å²) in [5.74, 6) is -2.60. The highest BCUT2D eigenvalue weighted by atomic mass is 32.2. The van der Waals surface area contributed by atoms with Crippen LogP contribution in [0.2, 0.25) is 0 Å². The SMILES string of the molecule is CCC(C)C(N)C(=O)NC(Cc1cnc[nH]1)C(=O)NC(Cc1ccc(O)cc1)C(=O)NC(CCSC)C(=O)O. The summed E-state index contributed by atoms with van der Waals surface area (Å²) in [6.07, 6.45) is 5.74. The molecule has 0 aliphatic heterocycles. The van der Waals surface area contributed by atoms with Gasteiger partial charge < -0.3 is 36.9 Å². The number of carboxylic acids is 1. The van der Waals surface area contributed by atoms with Crippen molar-refractivity contribution in [3.8, 4) is 5.75 Å². The lowest BCUT2D eigenvalue weighted by atomic mass is 9.98. The largest absolute Gasteiger partial charge is 0.508 e. The van der Waals surface area contributed by atoms with Gasteiger partial charge in [0.15, 0.2) is 0 Å². The van der Waals surface area contributed by atoms with E-state index in [2.05, 4.69) is 25.9 Å². The van der Waals surface area contributed by atoms with Crippen molar-refractivity contribution in [2.45, 2.75) is 63.7 Å². The Labute approximate surface area is 231 Å². The van der Waals surface area contributed by atoms with Crippen LogP contribution in [0.15, 0.2) is 36.8 Å². The Kier molecular flexibility index (Phi) is 12.8. The van der Waals surface area contributed by atoms with Gasteiger partial charge in [0.05, 0.1) is 12.4 Å². The fourth-order valence-electron chi connectivity index (χ4n) is 3.72. The fourth-order valence-corrected chi connectivity index (χ4v) is 4.19. The second-order valence-electron chi connectivity index (χ2n) is 9.37. The summed E-state index contributed by atoms with van der Waals surface area (Å²) in [7, 11) is 0. The minimum absolute atomic E-state index is 0.0177. The number of carboxylic acid groups (broad SMARTS) is 1.